The summed E-state index contributed by atoms with van der Waals surface area (Å²) in [6.45, 7) is 0.00322. The Kier molecular flexibility index (Phi) is 7.51. The van der Waals surface area contributed by atoms with Gasteiger partial charge in [-0.2, -0.15) is 4.57 Å². The molecule has 0 aliphatic rings. The van der Waals surface area contributed by atoms with Gasteiger partial charge in [-0.05, 0) is 36.4 Å². The summed E-state index contributed by atoms with van der Waals surface area (Å²) in [6, 6.07) is 16.1. The van der Waals surface area contributed by atoms with Crippen molar-refractivity contribution in [3.8, 4) is 0 Å². The molecular formula is C19H14BrCl2N3O3. The molecule has 0 saturated heterocycles. The van der Waals surface area contributed by atoms with Crippen LogP contribution >= 0.6 is 23.2 Å². The fourth-order valence-corrected chi connectivity index (χ4v) is 2.90. The summed E-state index contributed by atoms with van der Waals surface area (Å²) in [4.78, 5) is 25.3. The maximum Gasteiger partial charge on any atom is 0.297 e. The topological polar surface area (TPSA) is 67.3 Å². The largest absolute Gasteiger partial charge is 1.00 e. The molecule has 0 unspecified atom stereocenters. The highest BCUT2D eigenvalue weighted by molar-refractivity contribution is 6.31. The number of amides is 1. The van der Waals surface area contributed by atoms with E-state index < -0.39 is 4.92 Å². The lowest BCUT2D eigenvalue weighted by atomic mass is 10.2. The molecule has 3 rings (SSSR count). The Morgan fingerprint density at radius 3 is 2.21 bits per heavy atom. The van der Waals surface area contributed by atoms with Crippen molar-refractivity contribution in [1.82, 2.24) is 0 Å². The van der Waals surface area contributed by atoms with Crippen LogP contribution < -0.4 is 26.4 Å². The molecule has 0 aliphatic carbocycles. The molecule has 28 heavy (non-hydrogen) atoms. The van der Waals surface area contributed by atoms with Crippen LogP contribution in [0.25, 0.3) is 0 Å². The highest BCUT2D eigenvalue weighted by atomic mass is 79.9. The van der Waals surface area contributed by atoms with E-state index >= 15 is 0 Å². The van der Waals surface area contributed by atoms with Crippen LogP contribution in [0.4, 0.5) is 17.1 Å². The molecule has 0 saturated carbocycles. The normalized spacial score (nSPS) is 10.1. The van der Waals surface area contributed by atoms with E-state index in [1.165, 1.54) is 23.1 Å². The van der Waals surface area contributed by atoms with Gasteiger partial charge in [-0.3, -0.25) is 19.8 Å². The van der Waals surface area contributed by atoms with Crippen molar-refractivity contribution < 1.29 is 31.3 Å². The molecule has 0 N–H and O–H groups in total. The number of anilines is 2. The van der Waals surface area contributed by atoms with Crippen LogP contribution in [0.5, 0.6) is 0 Å². The maximum atomic E-state index is 13.1. The molecule has 1 heterocycles. The molecule has 0 spiro atoms. The fourth-order valence-electron chi connectivity index (χ4n) is 2.61. The quantitative estimate of drug-likeness (QED) is 0.315. The summed E-state index contributed by atoms with van der Waals surface area (Å²) in [5.74, 6) is -0.348. The maximum absolute atomic E-state index is 13.1. The Morgan fingerprint density at radius 1 is 1.00 bits per heavy atom. The van der Waals surface area contributed by atoms with Gasteiger partial charge in [0.05, 0.1) is 4.92 Å². The van der Waals surface area contributed by atoms with Gasteiger partial charge in [-0.25, -0.2) is 0 Å². The molecule has 1 amide bonds. The third kappa shape index (κ3) is 5.07. The van der Waals surface area contributed by atoms with E-state index in [0.29, 0.717) is 10.7 Å². The van der Waals surface area contributed by atoms with Crippen molar-refractivity contribution in [3.63, 3.8) is 0 Å². The van der Waals surface area contributed by atoms with Gasteiger partial charge in [0.1, 0.15) is 5.69 Å². The first-order valence-corrected chi connectivity index (χ1v) is 8.68. The van der Waals surface area contributed by atoms with Crippen LogP contribution in [-0.2, 0) is 11.3 Å². The molecule has 1 aromatic heterocycles. The Bertz CT molecular complexity index is 985. The second-order valence-electron chi connectivity index (χ2n) is 5.64. The van der Waals surface area contributed by atoms with Crippen LogP contribution in [0.2, 0.25) is 10.0 Å². The average molecular weight is 483 g/mol. The highest BCUT2D eigenvalue weighted by Gasteiger charge is 2.28. The molecule has 0 aliphatic heterocycles. The Morgan fingerprint density at radius 2 is 1.61 bits per heavy atom. The van der Waals surface area contributed by atoms with E-state index in [9.17, 15) is 14.9 Å². The van der Waals surface area contributed by atoms with Crippen molar-refractivity contribution in [3.05, 3.63) is 93.2 Å². The third-order valence-corrected chi connectivity index (χ3v) is 4.29. The SMILES string of the molecule is O=C(C[n+]1ccccc1)N(c1ccc(Cl)cc1)c1ccc(Cl)cc1[N+](=O)[O-].[Br-]. The van der Waals surface area contributed by atoms with Crippen LogP contribution in [0, 0.1) is 10.1 Å². The Hall–Kier alpha value is -2.48. The molecule has 144 valence electrons. The van der Waals surface area contributed by atoms with Crippen molar-refractivity contribution >= 4 is 46.2 Å². The van der Waals surface area contributed by atoms with E-state index in [-0.39, 0.29) is 45.8 Å². The number of nitro groups is 1. The summed E-state index contributed by atoms with van der Waals surface area (Å²) in [6.07, 6.45) is 3.49. The van der Waals surface area contributed by atoms with E-state index in [4.69, 9.17) is 23.2 Å². The Balaban J connectivity index is 0.00000280. The average Bonchev–Trinajstić information content (AvgIpc) is 2.65. The lowest BCUT2D eigenvalue weighted by Crippen LogP contribution is -3.00. The molecule has 9 heteroatoms. The molecule has 3 aromatic rings. The summed E-state index contributed by atoms with van der Waals surface area (Å²) in [5.41, 5.74) is 0.337. The van der Waals surface area contributed by atoms with Gasteiger partial charge >= 0.3 is 0 Å². The molecule has 0 radical (unpaired) electrons. The first kappa shape index (κ1) is 21.8. The zero-order valence-corrected chi connectivity index (χ0v) is 17.4. The number of hydrogen-bond acceptors (Lipinski definition) is 3. The highest BCUT2D eigenvalue weighted by Crippen LogP contribution is 2.36. The summed E-state index contributed by atoms with van der Waals surface area (Å²) in [5, 5.41) is 12.2. The number of benzene rings is 2. The van der Waals surface area contributed by atoms with Gasteiger partial charge in [0.2, 0.25) is 6.54 Å². The standard InChI is InChI=1S/C19H14Cl2N3O3.BrH/c20-14-4-7-16(8-5-14)23(19(25)13-22-10-2-1-3-11-22)17-9-6-15(21)12-18(17)24(26)27;/h1-12H,13H2;1H/q+1;/p-1. The first-order chi connectivity index (χ1) is 13.0. The summed E-state index contributed by atoms with van der Waals surface area (Å²) < 4.78 is 1.69. The number of halogens is 3. The summed E-state index contributed by atoms with van der Waals surface area (Å²) in [7, 11) is 0. The van der Waals surface area contributed by atoms with Crippen LogP contribution in [0.15, 0.2) is 73.1 Å². The second kappa shape index (κ2) is 9.64. The number of nitro benzene ring substituents is 1. The van der Waals surface area contributed by atoms with Gasteiger partial charge in [0.25, 0.3) is 11.6 Å². The van der Waals surface area contributed by atoms with Gasteiger partial charge < -0.3 is 17.0 Å². The minimum Gasteiger partial charge on any atom is -1.00 e. The van der Waals surface area contributed by atoms with Crippen molar-refractivity contribution in [2.45, 2.75) is 6.54 Å². The number of rotatable bonds is 5. The smallest absolute Gasteiger partial charge is 0.297 e. The van der Waals surface area contributed by atoms with Crippen molar-refractivity contribution in [1.29, 1.82) is 0 Å². The zero-order chi connectivity index (χ0) is 19.4. The number of carbonyl (C=O) groups is 1. The molecule has 0 fully saturated rings. The third-order valence-electron chi connectivity index (χ3n) is 3.80. The van der Waals surface area contributed by atoms with E-state index in [0.717, 1.165) is 0 Å². The first-order valence-electron chi connectivity index (χ1n) is 7.92. The molecule has 2 aromatic carbocycles. The van der Waals surface area contributed by atoms with Crippen LogP contribution in [0.1, 0.15) is 0 Å². The van der Waals surface area contributed by atoms with Gasteiger partial charge in [0.15, 0.2) is 12.4 Å². The van der Waals surface area contributed by atoms with Crippen LogP contribution in [-0.4, -0.2) is 10.8 Å². The van der Waals surface area contributed by atoms with E-state index in [1.54, 1.807) is 53.4 Å². The minimum atomic E-state index is -0.562. The zero-order valence-electron chi connectivity index (χ0n) is 14.3. The number of hydrogen-bond donors (Lipinski definition) is 0. The number of nitrogens with zero attached hydrogens (tertiary/aromatic N) is 3. The second-order valence-corrected chi connectivity index (χ2v) is 6.52. The number of pyridine rings is 1. The van der Waals surface area contributed by atoms with Gasteiger partial charge in [-0.15, -0.1) is 0 Å². The van der Waals surface area contributed by atoms with Gasteiger partial charge in [-0.1, -0.05) is 29.3 Å². The minimum absolute atomic E-state index is 0. The fraction of sp³-hybridized carbons (Fsp3) is 0.0526. The van der Waals surface area contributed by atoms with Crippen LogP contribution in [0.3, 0.4) is 0 Å². The number of aromatic nitrogens is 1. The molecular weight excluding hydrogens is 469 g/mol. The van der Waals surface area contributed by atoms with E-state index in [2.05, 4.69) is 0 Å². The van der Waals surface area contributed by atoms with E-state index in [1.807, 2.05) is 6.07 Å². The Labute approximate surface area is 181 Å². The predicted molar refractivity (Wildman–Crippen MR) is 103 cm³/mol. The molecule has 0 bridgehead atoms. The lowest BCUT2D eigenvalue weighted by molar-refractivity contribution is -0.684. The molecule has 6 nitrogen and oxygen atoms in total. The monoisotopic (exact) mass is 481 g/mol. The molecule has 0 atom stereocenters. The predicted octanol–water partition coefficient (Wildman–Crippen LogP) is 1.56. The lowest BCUT2D eigenvalue weighted by Gasteiger charge is -2.21. The van der Waals surface area contributed by atoms with Gasteiger partial charge in [0, 0.05) is 33.9 Å². The van der Waals surface area contributed by atoms with Crippen molar-refractivity contribution in [2.24, 2.45) is 0 Å². The summed E-state index contributed by atoms with van der Waals surface area (Å²) >= 11 is 11.9. The number of carbonyl (C=O) groups excluding carboxylic acids is 1. The van der Waals surface area contributed by atoms with Crippen molar-refractivity contribution in [2.75, 3.05) is 4.90 Å².